The van der Waals surface area contributed by atoms with Gasteiger partial charge in [0.15, 0.2) is 0 Å². The predicted molar refractivity (Wildman–Crippen MR) is 80.1 cm³/mol. The highest BCUT2D eigenvalue weighted by Crippen LogP contribution is 2.18. The number of amides is 1. The van der Waals surface area contributed by atoms with Crippen molar-refractivity contribution >= 4 is 17.7 Å². The Hall–Kier alpha value is -0.220. The first-order valence-corrected chi connectivity index (χ1v) is 8.49. The van der Waals surface area contributed by atoms with Crippen LogP contribution in [-0.2, 0) is 4.79 Å². The van der Waals surface area contributed by atoms with Gasteiger partial charge in [-0.1, -0.05) is 0 Å². The van der Waals surface area contributed by atoms with Crippen LogP contribution in [0, 0.1) is 5.92 Å². The summed E-state index contributed by atoms with van der Waals surface area (Å²) in [5, 5.41) is 3.37. The zero-order valence-corrected chi connectivity index (χ0v) is 12.9. The van der Waals surface area contributed by atoms with Gasteiger partial charge in [-0.05, 0) is 63.6 Å². The minimum atomic E-state index is 0.321. The number of thioether (sulfide) groups is 1. The minimum Gasteiger partial charge on any atom is -0.343 e. The summed E-state index contributed by atoms with van der Waals surface area (Å²) in [5.74, 6) is 2.21. The lowest BCUT2D eigenvalue weighted by atomic mass is 9.93. The number of hydrogen-bond donors (Lipinski definition) is 1. The summed E-state index contributed by atoms with van der Waals surface area (Å²) in [4.78, 5) is 14.0. The van der Waals surface area contributed by atoms with Crippen molar-refractivity contribution in [3.8, 4) is 0 Å². The number of piperidine rings is 1. The topological polar surface area (TPSA) is 32.3 Å². The molecule has 106 valence electrons. The van der Waals surface area contributed by atoms with E-state index in [0.717, 1.165) is 44.0 Å². The Kier molecular flexibility index (Phi) is 7.75. The molecule has 1 fully saturated rings. The molecule has 0 aromatic carbocycles. The molecule has 0 aliphatic carbocycles. The molecule has 1 rings (SSSR count). The van der Waals surface area contributed by atoms with Gasteiger partial charge in [-0.3, -0.25) is 4.79 Å². The Morgan fingerprint density at radius 3 is 2.72 bits per heavy atom. The molecule has 0 radical (unpaired) electrons. The summed E-state index contributed by atoms with van der Waals surface area (Å²) in [6.45, 7) is 4.40. The number of hydrogen-bond acceptors (Lipinski definition) is 3. The number of nitrogens with zero attached hydrogens (tertiary/aromatic N) is 1. The fourth-order valence-corrected chi connectivity index (χ4v) is 2.98. The molecule has 3 nitrogen and oxygen atoms in total. The molecule has 18 heavy (non-hydrogen) atoms. The molecule has 0 spiro atoms. The molecule has 1 aliphatic heterocycles. The molecule has 1 unspecified atom stereocenters. The summed E-state index contributed by atoms with van der Waals surface area (Å²) in [6.07, 6.45) is 7.48. The van der Waals surface area contributed by atoms with Gasteiger partial charge in [-0.15, -0.1) is 0 Å². The maximum Gasteiger partial charge on any atom is 0.222 e. The van der Waals surface area contributed by atoms with Crippen molar-refractivity contribution in [2.24, 2.45) is 5.92 Å². The van der Waals surface area contributed by atoms with Gasteiger partial charge in [-0.2, -0.15) is 11.8 Å². The van der Waals surface area contributed by atoms with E-state index in [1.807, 2.05) is 23.7 Å². The first kappa shape index (κ1) is 15.8. The van der Waals surface area contributed by atoms with Crippen molar-refractivity contribution in [2.45, 2.75) is 45.1 Å². The number of rotatable bonds is 7. The summed E-state index contributed by atoms with van der Waals surface area (Å²) >= 11 is 1.85. The van der Waals surface area contributed by atoms with Gasteiger partial charge in [0.2, 0.25) is 5.91 Å². The molecule has 1 heterocycles. The predicted octanol–water partition coefficient (Wildman–Crippen LogP) is 2.37. The van der Waals surface area contributed by atoms with Crippen molar-refractivity contribution in [3.05, 3.63) is 0 Å². The quantitative estimate of drug-likeness (QED) is 0.772. The Morgan fingerprint density at radius 1 is 1.44 bits per heavy atom. The maximum absolute atomic E-state index is 12.1. The fraction of sp³-hybridized carbons (Fsp3) is 0.929. The Morgan fingerprint density at radius 2 is 2.11 bits per heavy atom. The molecule has 0 aromatic rings. The molecule has 1 N–H and O–H groups in total. The number of carbonyl (C=O) groups is 1. The van der Waals surface area contributed by atoms with Crippen molar-refractivity contribution < 1.29 is 4.79 Å². The smallest absolute Gasteiger partial charge is 0.222 e. The maximum atomic E-state index is 12.1. The van der Waals surface area contributed by atoms with Crippen molar-refractivity contribution in [3.63, 3.8) is 0 Å². The SMILES string of the molecule is CSCCC(C)N(C)C(=O)CCC1CCNCC1. The second-order valence-corrected chi connectivity index (χ2v) is 6.35. The Bertz CT molecular complexity index is 242. The highest BCUT2D eigenvalue weighted by Gasteiger charge is 2.18. The summed E-state index contributed by atoms with van der Waals surface area (Å²) < 4.78 is 0. The van der Waals surface area contributed by atoms with Gasteiger partial charge in [-0.25, -0.2) is 0 Å². The van der Waals surface area contributed by atoms with Gasteiger partial charge < -0.3 is 10.2 Å². The van der Waals surface area contributed by atoms with Crippen LogP contribution in [0.15, 0.2) is 0 Å². The van der Waals surface area contributed by atoms with Gasteiger partial charge in [0.25, 0.3) is 0 Å². The third-order valence-corrected chi connectivity index (χ3v) is 4.66. The van der Waals surface area contributed by atoms with E-state index in [2.05, 4.69) is 18.5 Å². The minimum absolute atomic E-state index is 0.321. The lowest BCUT2D eigenvalue weighted by Crippen LogP contribution is -2.36. The third-order valence-electron chi connectivity index (χ3n) is 4.02. The zero-order valence-electron chi connectivity index (χ0n) is 12.1. The molecule has 1 aliphatic rings. The molecule has 1 amide bonds. The number of nitrogens with one attached hydrogen (secondary N) is 1. The van der Waals surface area contributed by atoms with E-state index in [-0.39, 0.29) is 0 Å². The van der Waals surface area contributed by atoms with Crippen LogP contribution < -0.4 is 5.32 Å². The highest BCUT2D eigenvalue weighted by molar-refractivity contribution is 7.98. The van der Waals surface area contributed by atoms with Crippen molar-refractivity contribution in [1.29, 1.82) is 0 Å². The van der Waals surface area contributed by atoms with Crippen LogP contribution in [0.3, 0.4) is 0 Å². The standard InChI is InChI=1S/C14H28N2OS/c1-12(8-11-18-3)16(2)14(17)5-4-13-6-9-15-10-7-13/h12-13,15H,4-11H2,1-3H3. The lowest BCUT2D eigenvalue weighted by molar-refractivity contribution is -0.132. The second kappa shape index (κ2) is 8.81. The van der Waals surface area contributed by atoms with Gasteiger partial charge in [0, 0.05) is 19.5 Å². The summed E-state index contributed by atoms with van der Waals surface area (Å²) in [6, 6.07) is 0.373. The van der Waals surface area contributed by atoms with Crippen LogP contribution in [0.25, 0.3) is 0 Å². The van der Waals surface area contributed by atoms with Gasteiger partial charge in [0.1, 0.15) is 0 Å². The van der Waals surface area contributed by atoms with Crippen LogP contribution in [0.5, 0.6) is 0 Å². The third kappa shape index (κ3) is 5.61. The van der Waals surface area contributed by atoms with Crippen molar-refractivity contribution in [2.75, 3.05) is 32.1 Å². The average molecular weight is 272 g/mol. The molecule has 0 saturated carbocycles. The van der Waals surface area contributed by atoms with Crippen molar-refractivity contribution in [1.82, 2.24) is 10.2 Å². The van der Waals surface area contributed by atoms with Crippen LogP contribution in [-0.4, -0.2) is 49.0 Å². The van der Waals surface area contributed by atoms with Gasteiger partial charge in [0.05, 0.1) is 0 Å². The van der Waals surface area contributed by atoms with E-state index in [4.69, 9.17) is 0 Å². The number of carbonyl (C=O) groups excluding carboxylic acids is 1. The highest BCUT2D eigenvalue weighted by atomic mass is 32.2. The lowest BCUT2D eigenvalue weighted by Gasteiger charge is -2.27. The first-order chi connectivity index (χ1) is 8.65. The van der Waals surface area contributed by atoms with E-state index < -0.39 is 0 Å². The van der Waals surface area contributed by atoms with E-state index in [1.54, 1.807) is 0 Å². The summed E-state index contributed by atoms with van der Waals surface area (Å²) in [5.41, 5.74) is 0. The molecule has 1 saturated heterocycles. The molecule has 1 atom stereocenters. The van der Waals surface area contributed by atoms with E-state index in [9.17, 15) is 4.79 Å². The Labute approximate surface area is 116 Å². The average Bonchev–Trinajstić information content (AvgIpc) is 2.42. The molecule has 4 heteroatoms. The molecular formula is C14H28N2OS. The Balaban J connectivity index is 2.21. The molecular weight excluding hydrogens is 244 g/mol. The second-order valence-electron chi connectivity index (χ2n) is 5.37. The normalized spacial score (nSPS) is 18.6. The van der Waals surface area contributed by atoms with Crippen LogP contribution >= 0.6 is 11.8 Å². The first-order valence-electron chi connectivity index (χ1n) is 7.10. The van der Waals surface area contributed by atoms with Crippen LogP contribution in [0.2, 0.25) is 0 Å². The van der Waals surface area contributed by atoms with Gasteiger partial charge >= 0.3 is 0 Å². The fourth-order valence-electron chi connectivity index (χ4n) is 2.40. The largest absolute Gasteiger partial charge is 0.343 e. The van der Waals surface area contributed by atoms with E-state index >= 15 is 0 Å². The van der Waals surface area contributed by atoms with Crippen LogP contribution in [0.1, 0.15) is 39.0 Å². The zero-order chi connectivity index (χ0) is 13.4. The molecule has 0 aromatic heterocycles. The van der Waals surface area contributed by atoms with Crippen LogP contribution in [0.4, 0.5) is 0 Å². The monoisotopic (exact) mass is 272 g/mol. The summed E-state index contributed by atoms with van der Waals surface area (Å²) in [7, 11) is 1.95. The van der Waals surface area contributed by atoms with E-state index in [0.29, 0.717) is 11.9 Å². The van der Waals surface area contributed by atoms with E-state index in [1.165, 1.54) is 12.8 Å². The molecule has 0 bridgehead atoms.